The van der Waals surface area contributed by atoms with E-state index in [1.807, 2.05) is 0 Å². The van der Waals surface area contributed by atoms with E-state index in [9.17, 15) is 4.79 Å². The number of amides is 1. The van der Waals surface area contributed by atoms with Gasteiger partial charge in [-0.05, 0) is 43.9 Å². The molecule has 0 aromatic rings. The van der Waals surface area contributed by atoms with E-state index in [2.05, 4.69) is 25.7 Å². The lowest BCUT2D eigenvalue weighted by Crippen LogP contribution is -2.48. The molecule has 0 radical (unpaired) electrons. The molecule has 0 bridgehead atoms. The first-order chi connectivity index (χ1) is 9.58. The predicted molar refractivity (Wildman–Crippen MR) is 81.6 cm³/mol. The second-order valence-electron chi connectivity index (χ2n) is 7.10. The van der Waals surface area contributed by atoms with E-state index in [0.29, 0.717) is 24.7 Å². The third-order valence-electron chi connectivity index (χ3n) is 4.97. The molecule has 0 aromatic heterocycles. The van der Waals surface area contributed by atoms with Crippen molar-refractivity contribution in [2.75, 3.05) is 13.2 Å². The molecule has 1 aliphatic carbocycles. The fourth-order valence-corrected chi connectivity index (χ4v) is 3.76. The van der Waals surface area contributed by atoms with Gasteiger partial charge in [0.05, 0.1) is 6.10 Å². The number of hydrogen-bond acceptors (Lipinski definition) is 2. The van der Waals surface area contributed by atoms with Crippen LogP contribution in [0.3, 0.4) is 0 Å². The Hall–Kier alpha value is -0.570. The van der Waals surface area contributed by atoms with Crippen LogP contribution in [0.5, 0.6) is 0 Å². The van der Waals surface area contributed by atoms with Crippen LogP contribution in [-0.2, 0) is 9.53 Å². The Balaban J connectivity index is 1.80. The van der Waals surface area contributed by atoms with Gasteiger partial charge in [0.25, 0.3) is 0 Å². The van der Waals surface area contributed by atoms with E-state index in [0.717, 1.165) is 38.1 Å². The highest BCUT2D eigenvalue weighted by Gasteiger charge is 2.29. The van der Waals surface area contributed by atoms with Gasteiger partial charge in [-0.15, -0.1) is 0 Å². The minimum absolute atomic E-state index is 0.210. The van der Waals surface area contributed by atoms with Crippen LogP contribution in [0.2, 0.25) is 0 Å². The number of carbonyl (C=O) groups is 1. The van der Waals surface area contributed by atoms with Crippen molar-refractivity contribution in [1.82, 2.24) is 4.90 Å². The molecular weight excluding hydrogens is 250 g/mol. The van der Waals surface area contributed by atoms with Gasteiger partial charge in [-0.3, -0.25) is 4.79 Å². The summed E-state index contributed by atoms with van der Waals surface area (Å²) in [6, 6.07) is 0.421. The van der Waals surface area contributed by atoms with Crippen molar-refractivity contribution in [3.63, 3.8) is 0 Å². The number of hydrogen-bond donors (Lipinski definition) is 0. The number of likely N-dealkylation sites (tertiary alicyclic amines) is 1. The zero-order chi connectivity index (χ0) is 14.5. The largest absolute Gasteiger partial charge is 0.368 e. The zero-order valence-corrected chi connectivity index (χ0v) is 13.4. The van der Waals surface area contributed by atoms with Gasteiger partial charge in [-0.1, -0.05) is 33.6 Å². The Morgan fingerprint density at radius 2 is 2.00 bits per heavy atom. The van der Waals surface area contributed by atoms with Crippen molar-refractivity contribution in [3.05, 3.63) is 0 Å². The summed E-state index contributed by atoms with van der Waals surface area (Å²) in [7, 11) is 0. The second-order valence-corrected chi connectivity index (χ2v) is 7.10. The summed E-state index contributed by atoms with van der Waals surface area (Å²) < 4.78 is 5.91. The molecule has 2 fully saturated rings. The van der Waals surface area contributed by atoms with Crippen molar-refractivity contribution in [2.24, 2.45) is 11.8 Å². The number of piperidine rings is 1. The number of nitrogens with zero attached hydrogens (tertiary/aromatic N) is 1. The molecule has 2 aliphatic rings. The average Bonchev–Trinajstić information content (AvgIpc) is 2.45. The van der Waals surface area contributed by atoms with Crippen LogP contribution in [0.25, 0.3) is 0 Å². The summed E-state index contributed by atoms with van der Waals surface area (Å²) in [4.78, 5) is 14.5. The molecule has 0 aromatic carbocycles. The molecule has 2 rings (SSSR count). The molecule has 116 valence electrons. The summed E-state index contributed by atoms with van der Waals surface area (Å²) in [5, 5.41) is 0. The fraction of sp³-hybridized carbons (Fsp3) is 0.941. The van der Waals surface area contributed by atoms with Gasteiger partial charge in [0.15, 0.2) is 0 Å². The van der Waals surface area contributed by atoms with Gasteiger partial charge in [0, 0.05) is 12.6 Å². The van der Waals surface area contributed by atoms with Crippen molar-refractivity contribution in [3.8, 4) is 0 Å². The molecule has 0 spiro atoms. The summed E-state index contributed by atoms with van der Waals surface area (Å²) in [6.45, 7) is 7.95. The molecule has 3 heteroatoms. The van der Waals surface area contributed by atoms with Crippen molar-refractivity contribution >= 4 is 5.91 Å². The average molecular weight is 281 g/mol. The lowest BCUT2D eigenvalue weighted by atomic mass is 9.89. The fourth-order valence-electron chi connectivity index (χ4n) is 3.76. The smallest absolute Gasteiger partial charge is 0.248 e. The Morgan fingerprint density at radius 3 is 2.70 bits per heavy atom. The van der Waals surface area contributed by atoms with Gasteiger partial charge < -0.3 is 9.64 Å². The highest BCUT2D eigenvalue weighted by molar-refractivity contribution is 5.78. The molecule has 1 aliphatic heterocycles. The first-order valence-electron chi connectivity index (χ1n) is 8.49. The van der Waals surface area contributed by atoms with Crippen molar-refractivity contribution in [2.45, 2.75) is 77.9 Å². The van der Waals surface area contributed by atoms with E-state index in [1.54, 1.807) is 0 Å². The Morgan fingerprint density at radius 1 is 1.20 bits per heavy atom. The van der Waals surface area contributed by atoms with Crippen LogP contribution in [0.4, 0.5) is 0 Å². The van der Waals surface area contributed by atoms with Gasteiger partial charge in [0.1, 0.15) is 6.61 Å². The molecule has 1 amide bonds. The van der Waals surface area contributed by atoms with Gasteiger partial charge in [-0.25, -0.2) is 0 Å². The van der Waals surface area contributed by atoms with Crippen LogP contribution in [0, 0.1) is 11.8 Å². The molecule has 1 heterocycles. The van der Waals surface area contributed by atoms with Gasteiger partial charge in [-0.2, -0.15) is 0 Å². The first kappa shape index (κ1) is 15.8. The second kappa shape index (κ2) is 7.44. The predicted octanol–water partition coefficient (Wildman–Crippen LogP) is 3.62. The summed E-state index contributed by atoms with van der Waals surface area (Å²) in [5.41, 5.74) is 0. The summed E-state index contributed by atoms with van der Waals surface area (Å²) in [6.07, 6.45) is 8.69. The van der Waals surface area contributed by atoms with Crippen LogP contribution >= 0.6 is 0 Å². The maximum atomic E-state index is 12.4. The Bertz CT molecular complexity index is 316. The van der Waals surface area contributed by atoms with E-state index < -0.39 is 0 Å². The molecular formula is C17H31NO2. The lowest BCUT2D eigenvalue weighted by molar-refractivity contribution is -0.144. The maximum Gasteiger partial charge on any atom is 0.248 e. The third-order valence-corrected chi connectivity index (χ3v) is 4.97. The van der Waals surface area contributed by atoms with E-state index in [1.165, 1.54) is 19.3 Å². The molecule has 20 heavy (non-hydrogen) atoms. The van der Waals surface area contributed by atoms with Crippen molar-refractivity contribution in [1.29, 1.82) is 0 Å². The minimum atomic E-state index is 0.210. The van der Waals surface area contributed by atoms with E-state index in [-0.39, 0.29) is 5.91 Å². The molecule has 3 unspecified atom stereocenters. The quantitative estimate of drug-likeness (QED) is 0.787. The maximum absolute atomic E-state index is 12.4. The van der Waals surface area contributed by atoms with Crippen LogP contribution in [0.15, 0.2) is 0 Å². The molecule has 3 atom stereocenters. The Labute approximate surface area is 124 Å². The molecule has 1 saturated heterocycles. The summed E-state index contributed by atoms with van der Waals surface area (Å²) in [5.74, 6) is 1.51. The number of carbonyl (C=O) groups excluding carboxylic acids is 1. The highest BCUT2D eigenvalue weighted by atomic mass is 16.5. The zero-order valence-electron chi connectivity index (χ0n) is 13.4. The number of ether oxygens (including phenoxy) is 1. The number of rotatable bonds is 4. The SMILES string of the molecule is CC1CCCC(OCC(=O)N2CCCCC2C(C)C)C1. The Kier molecular flexibility index (Phi) is 5.88. The molecule has 3 nitrogen and oxygen atoms in total. The normalized spacial score (nSPS) is 31.6. The van der Waals surface area contributed by atoms with Crippen LogP contribution < -0.4 is 0 Å². The van der Waals surface area contributed by atoms with E-state index >= 15 is 0 Å². The molecule has 0 N–H and O–H groups in total. The topological polar surface area (TPSA) is 29.5 Å². The van der Waals surface area contributed by atoms with Crippen LogP contribution in [-0.4, -0.2) is 36.1 Å². The first-order valence-corrected chi connectivity index (χ1v) is 8.49. The van der Waals surface area contributed by atoms with Gasteiger partial charge >= 0.3 is 0 Å². The third kappa shape index (κ3) is 4.21. The monoisotopic (exact) mass is 281 g/mol. The lowest BCUT2D eigenvalue weighted by Gasteiger charge is -2.38. The van der Waals surface area contributed by atoms with Gasteiger partial charge in [0.2, 0.25) is 5.91 Å². The van der Waals surface area contributed by atoms with E-state index in [4.69, 9.17) is 4.74 Å². The van der Waals surface area contributed by atoms with Crippen molar-refractivity contribution < 1.29 is 9.53 Å². The minimum Gasteiger partial charge on any atom is -0.368 e. The highest BCUT2D eigenvalue weighted by Crippen LogP contribution is 2.26. The summed E-state index contributed by atoms with van der Waals surface area (Å²) >= 11 is 0. The molecule has 1 saturated carbocycles. The standard InChI is InChI=1S/C17H31NO2/c1-13(2)16-9-4-5-10-18(16)17(19)12-20-15-8-6-7-14(3)11-15/h13-16H,4-12H2,1-3H3. The van der Waals surface area contributed by atoms with Crippen LogP contribution in [0.1, 0.15) is 65.7 Å².